The fraction of sp³-hybridized carbons (Fsp3) is 0.105. The average molecular weight is 421 g/mol. The third kappa shape index (κ3) is 4.88. The Bertz CT molecular complexity index is 1010. The van der Waals surface area contributed by atoms with Crippen molar-refractivity contribution in [3.05, 3.63) is 76.5 Å². The Kier molecular flexibility index (Phi) is 6.28. The van der Waals surface area contributed by atoms with Gasteiger partial charge in [-0.25, -0.2) is 9.37 Å². The van der Waals surface area contributed by atoms with Gasteiger partial charge in [0.15, 0.2) is 0 Å². The van der Waals surface area contributed by atoms with Gasteiger partial charge in [-0.05, 0) is 36.4 Å². The molecule has 3 rings (SSSR count). The molecule has 2 N–H and O–H groups in total. The molecule has 9 heteroatoms. The summed E-state index contributed by atoms with van der Waals surface area (Å²) in [4.78, 5) is 28.1. The van der Waals surface area contributed by atoms with Crippen molar-refractivity contribution in [3.63, 3.8) is 0 Å². The van der Waals surface area contributed by atoms with Crippen LogP contribution in [0.5, 0.6) is 0 Å². The first-order valence-electron chi connectivity index (χ1n) is 8.25. The van der Waals surface area contributed by atoms with Crippen LogP contribution >= 0.6 is 23.2 Å². The predicted molar refractivity (Wildman–Crippen MR) is 106 cm³/mol. The molecule has 0 saturated heterocycles. The molecule has 0 aliphatic rings. The Labute approximate surface area is 170 Å². The lowest BCUT2D eigenvalue weighted by molar-refractivity contribution is -0.116. The predicted octanol–water partition coefficient (Wildman–Crippen LogP) is 4.08. The second-order valence-electron chi connectivity index (χ2n) is 5.81. The smallest absolute Gasteiger partial charge is 0.252 e. The Morgan fingerprint density at radius 2 is 1.93 bits per heavy atom. The molecule has 0 radical (unpaired) electrons. The van der Waals surface area contributed by atoms with Gasteiger partial charge in [0.25, 0.3) is 5.91 Å². The van der Waals surface area contributed by atoms with Crippen molar-refractivity contribution < 1.29 is 14.0 Å². The summed E-state index contributed by atoms with van der Waals surface area (Å²) in [5.41, 5.74) is 1.41. The number of carbonyl (C=O) groups is 2. The van der Waals surface area contributed by atoms with E-state index in [0.29, 0.717) is 10.7 Å². The Morgan fingerprint density at radius 1 is 1.11 bits per heavy atom. The van der Waals surface area contributed by atoms with Crippen molar-refractivity contribution in [3.8, 4) is 5.69 Å². The molecule has 0 aliphatic carbocycles. The first-order valence-corrected chi connectivity index (χ1v) is 9.00. The van der Waals surface area contributed by atoms with Crippen LogP contribution < -0.4 is 10.6 Å². The number of nitrogens with zero attached hydrogens (tertiary/aromatic N) is 2. The second kappa shape index (κ2) is 8.86. The number of benzene rings is 2. The number of imidazole rings is 1. The fourth-order valence-corrected chi connectivity index (χ4v) is 3.01. The number of hydrogen-bond acceptors (Lipinski definition) is 3. The second-order valence-corrected chi connectivity index (χ2v) is 6.63. The minimum absolute atomic E-state index is 0.00887. The van der Waals surface area contributed by atoms with Crippen molar-refractivity contribution in [1.82, 2.24) is 14.9 Å². The van der Waals surface area contributed by atoms with Crippen LogP contribution in [0.2, 0.25) is 10.0 Å². The number of rotatable bonds is 6. The van der Waals surface area contributed by atoms with Gasteiger partial charge in [-0.3, -0.25) is 9.59 Å². The van der Waals surface area contributed by atoms with E-state index in [9.17, 15) is 14.0 Å². The molecule has 0 saturated carbocycles. The maximum absolute atomic E-state index is 13.0. The lowest BCUT2D eigenvalue weighted by Crippen LogP contribution is -2.27. The van der Waals surface area contributed by atoms with Crippen molar-refractivity contribution in [1.29, 1.82) is 0 Å². The number of carbonyl (C=O) groups excluding carboxylic acids is 2. The number of aromatic nitrogens is 2. The topological polar surface area (TPSA) is 76.0 Å². The fourth-order valence-electron chi connectivity index (χ4n) is 2.48. The molecule has 0 bridgehead atoms. The Morgan fingerprint density at radius 3 is 2.61 bits per heavy atom. The zero-order valence-corrected chi connectivity index (χ0v) is 16.0. The first kappa shape index (κ1) is 19.9. The summed E-state index contributed by atoms with van der Waals surface area (Å²) >= 11 is 12.1. The van der Waals surface area contributed by atoms with Crippen LogP contribution in [0, 0.1) is 5.82 Å². The van der Waals surface area contributed by atoms with Crippen LogP contribution in [0.4, 0.5) is 10.1 Å². The van der Waals surface area contributed by atoms with E-state index in [2.05, 4.69) is 15.6 Å². The minimum atomic E-state index is -0.529. The normalized spacial score (nSPS) is 10.5. The Hall–Kier alpha value is -2.90. The van der Waals surface area contributed by atoms with E-state index in [0.717, 1.165) is 17.8 Å². The van der Waals surface area contributed by atoms with E-state index in [1.807, 2.05) is 0 Å². The van der Waals surface area contributed by atoms with Gasteiger partial charge >= 0.3 is 0 Å². The molecule has 2 amide bonds. The zero-order valence-electron chi connectivity index (χ0n) is 14.5. The monoisotopic (exact) mass is 420 g/mol. The van der Waals surface area contributed by atoms with Gasteiger partial charge in [0.2, 0.25) is 5.91 Å². The minimum Gasteiger partial charge on any atom is -0.351 e. The maximum Gasteiger partial charge on any atom is 0.252 e. The molecule has 28 heavy (non-hydrogen) atoms. The van der Waals surface area contributed by atoms with E-state index in [4.69, 9.17) is 23.2 Å². The van der Waals surface area contributed by atoms with Crippen LogP contribution in [-0.2, 0) is 4.79 Å². The van der Waals surface area contributed by atoms with Gasteiger partial charge in [-0.1, -0.05) is 23.2 Å². The molecule has 1 aromatic heterocycles. The van der Waals surface area contributed by atoms with E-state index in [-0.39, 0.29) is 29.5 Å². The van der Waals surface area contributed by atoms with Crippen molar-refractivity contribution in [2.75, 3.05) is 11.9 Å². The van der Waals surface area contributed by atoms with Gasteiger partial charge in [0, 0.05) is 31.0 Å². The van der Waals surface area contributed by atoms with Crippen LogP contribution in [0.25, 0.3) is 5.69 Å². The molecule has 3 aromatic rings. The van der Waals surface area contributed by atoms with E-state index < -0.39 is 11.7 Å². The molecule has 144 valence electrons. The molecule has 0 unspecified atom stereocenters. The molecule has 0 fully saturated rings. The summed E-state index contributed by atoms with van der Waals surface area (Å²) in [7, 11) is 0. The van der Waals surface area contributed by atoms with E-state index in [1.54, 1.807) is 41.5 Å². The summed E-state index contributed by atoms with van der Waals surface area (Å²) in [6, 6.07) is 8.60. The average Bonchev–Trinajstić information content (AvgIpc) is 3.16. The van der Waals surface area contributed by atoms with Gasteiger partial charge in [-0.2, -0.15) is 0 Å². The summed E-state index contributed by atoms with van der Waals surface area (Å²) in [5, 5.41) is 5.75. The largest absolute Gasteiger partial charge is 0.351 e. The highest BCUT2D eigenvalue weighted by Crippen LogP contribution is 2.24. The molecule has 2 aromatic carbocycles. The number of nitrogens with one attached hydrogen (secondary N) is 2. The summed E-state index contributed by atoms with van der Waals surface area (Å²) < 4.78 is 14.8. The Balaban J connectivity index is 1.52. The standard InChI is InChI=1S/C19H15Cl2FN4O2/c20-15-9-12(22)1-3-14(15)19(28)24-6-5-18(27)25-13-2-4-17(16(21)10-13)26-8-7-23-11-26/h1-4,7-11H,5-6H2,(H,24,28)(H,25,27). The van der Waals surface area contributed by atoms with Crippen LogP contribution in [0.1, 0.15) is 16.8 Å². The number of halogens is 3. The van der Waals surface area contributed by atoms with Crippen LogP contribution in [0.3, 0.4) is 0 Å². The molecule has 1 heterocycles. The third-order valence-corrected chi connectivity index (χ3v) is 4.44. The summed E-state index contributed by atoms with van der Waals surface area (Å²) in [6.45, 7) is 0.0965. The lowest BCUT2D eigenvalue weighted by atomic mass is 10.2. The first-order chi connectivity index (χ1) is 13.4. The number of amides is 2. The molecular formula is C19H15Cl2FN4O2. The zero-order chi connectivity index (χ0) is 20.1. The molecule has 6 nitrogen and oxygen atoms in total. The van der Waals surface area contributed by atoms with Crippen LogP contribution in [0.15, 0.2) is 55.1 Å². The highest BCUT2D eigenvalue weighted by atomic mass is 35.5. The molecule has 0 atom stereocenters. The van der Waals surface area contributed by atoms with Crippen molar-refractivity contribution >= 4 is 40.7 Å². The quantitative estimate of drug-likeness (QED) is 0.630. The number of hydrogen-bond donors (Lipinski definition) is 2. The summed E-state index contributed by atoms with van der Waals surface area (Å²) in [5.74, 6) is -1.30. The van der Waals surface area contributed by atoms with Gasteiger partial charge in [0.05, 0.1) is 27.6 Å². The highest BCUT2D eigenvalue weighted by molar-refractivity contribution is 6.34. The van der Waals surface area contributed by atoms with Gasteiger partial charge < -0.3 is 15.2 Å². The highest BCUT2D eigenvalue weighted by Gasteiger charge is 2.12. The van der Waals surface area contributed by atoms with Gasteiger partial charge in [0.1, 0.15) is 5.82 Å². The van der Waals surface area contributed by atoms with Gasteiger partial charge in [-0.15, -0.1) is 0 Å². The maximum atomic E-state index is 13.0. The van der Waals surface area contributed by atoms with Crippen molar-refractivity contribution in [2.45, 2.75) is 6.42 Å². The molecular weight excluding hydrogens is 406 g/mol. The molecule has 0 spiro atoms. The number of anilines is 1. The molecule has 0 aliphatic heterocycles. The lowest BCUT2D eigenvalue weighted by Gasteiger charge is -2.10. The van der Waals surface area contributed by atoms with Crippen LogP contribution in [-0.4, -0.2) is 27.9 Å². The van der Waals surface area contributed by atoms with E-state index in [1.165, 1.54) is 6.07 Å². The SMILES string of the molecule is O=C(CCNC(=O)c1ccc(F)cc1Cl)Nc1ccc(-n2ccnc2)c(Cl)c1. The third-order valence-electron chi connectivity index (χ3n) is 3.83. The van der Waals surface area contributed by atoms with Crippen molar-refractivity contribution in [2.24, 2.45) is 0 Å². The summed E-state index contributed by atoms with van der Waals surface area (Å²) in [6.07, 6.45) is 5.07. The van der Waals surface area contributed by atoms with E-state index >= 15 is 0 Å².